The Balaban J connectivity index is 1.55. The van der Waals surface area contributed by atoms with Crippen molar-refractivity contribution in [1.82, 2.24) is 19.5 Å². The summed E-state index contributed by atoms with van der Waals surface area (Å²) >= 11 is 0. The van der Waals surface area contributed by atoms with Crippen LogP contribution in [0.25, 0.3) is 5.65 Å². The third kappa shape index (κ3) is 4.21. The maximum absolute atomic E-state index is 11.2. The Morgan fingerprint density at radius 3 is 2.93 bits per heavy atom. The van der Waals surface area contributed by atoms with Gasteiger partial charge in [0.25, 0.3) is 0 Å². The number of aryl methyl sites for hydroxylation is 1. The smallest absolute Gasteiger partial charge is 0.341 e. The number of carboxylic acids is 1. The Bertz CT molecular complexity index is 979. The summed E-state index contributed by atoms with van der Waals surface area (Å²) < 4.78 is 7.38. The molecule has 7 heteroatoms. The highest BCUT2D eigenvalue weighted by Gasteiger charge is 2.20. The molecule has 1 N–H and O–H groups in total. The second-order valence-corrected chi connectivity index (χ2v) is 7.39. The van der Waals surface area contributed by atoms with Gasteiger partial charge in [-0.05, 0) is 25.3 Å². The topological polar surface area (TPSA) is 80.0 Å². The van der Waals surface area contributed by atoms with Crippen molar-refractivity contribution in [3.05, 3.63) is 65.1 Å². The average molecular weight is 380 g/mol. The first-order valence-corrected chi connectivity index (χ1v) is 9.53. The van der Waals surface area contributed by atoms with Crippen LogP contribution >= 0.6 is 0 Å². The number of hydrogen-bond acceptors (Lipinski definition) is 5. The summed E-state index contributed by atoms with van der Waals surface area (Å²) in [5.41, 5.74) is 3.97. The second-order valence-electron chi connectivity index (χ2n) is 7.39. The van der Waals surface area contributed by atoms with Gasteiger partial charge in [0.1, 0.15) is 5.56 Å². The van der Waals surface area contributed by atoms with Crippen LogP contribution in [0.5, 0.6) is 0 Å². The maximum atomic E-state index is 11.2. The molecular weight excluding hydrogens is 356 g/mol. The molecule has 0 saturated carbocycles. The number of aromatic nitrogens is 3. The van der Waals surface area contributed by atoms with Gasteiger partial charge in [-0.15, -0.1) is 0 Å². The molecule has 0 spiro atoms. The third-order valence-corrected chi connectivity index (χ3v) is 5.02. The van der Waals surface area contributed by atoms with Gasteiger partial charge in [0.2, 0.25) is 0 Å². The Morgan fingerprint density at radius 2 is 2.18 bits per heavy atom. The number of aromatic carboxylic acids is 1. The number of hydrogen-bond donors (Lipinski definition) is 1. The Labute approximate surface area is 163 Å². The predicted molar refractivity (Wildman–Crippen MR) is 104 cm³/mol. The van der Waals surface area contributed by atoms with Crippen LogP contribution in [0.1, 0.15) is 39.9 Å². The fraction of sp³-hybridized carbons (Fsp3) is 0.381. The van der Waals surface area contributed by atoms with Gasteiger partial charge >= 0.3 is 5.97 Å². The van der Waals surface area contributed by atoms with Gasteiger partial charge in [0, 0.05) is 44.2 Å². The van der Waals surface area contributed by atoms with Crippen LogP contribution in [0, 0.1) is 6.92 Å². The first kappa shape index (κ1) is 18.6. The van der Waals surface area contributed by atoms with E-state index in [-0.39, 0.29) is 11.7 Å². The number of benzene rings is 1. The number of carbonyl (C=O) groups is 1. The highest BCUT2D eigenvalue weighted by Crippen LogP contribution is 2.18. The van der Waals surface area contributed by atoms with Crippen molar-refractivity contribution in [3.8, 4) is 0 Å². The number of carboxylic acid groups (broad SMARTS) is 1. The lowest BCUT2D eigenvalue weighted by Crippen LogP contribution is -2.31. The normalized spacial score (nSPS) is 16.9. The molecule has 1 atom stereocenters. The largest absolute Gasteiger partial charge is 0.477 e. The van der Waals surface area contributed by atoms with Crippen molar-refractivity contribution in [3.63, 3.8) is 0 Å². The monoisotopic (exact) mass is 380 g/mol. The summed E-state index contributed by atoms with van der Waals surface area (Å²) in [6.07, 6.45) is 7.38. The van der Waals surface area contributed by atoms with E-state index in [0.717, 1.165) is 38.1 Å². The molecule has 7 nitrogen and oxygen atoms in total. The van der Waals surface area contributed by atoms with Gasteiger partial charge in [0.05, 0.1) is 12.3 Å². The van der Waals surface area contributed by atoms with Crippen LogP contribution in [-0.2, 0) is 17.8 Å². The van der Waals surface area contributed by atoms with E-state index in [9.17, 15) is 9.90 Å². The van der Waals surface area contributed by atoms with Crippen molar-refractivity contribution < 1.29 is 14.6 Å². The highest BCUT2D eigenvalue weighted by molar-refractivity contribution is 5.93. The molecule has 1 aliphatic rings. The fourth-order valence-corrected chi connectivity index (χ4v) is 3.73. The van der Waals surface area contributed by atoms with Crippen molar-refractivity contribution >= 4 is 11.6 Å². The first-order chi connectivity index (χ1) is 13.6. The zero-order chi connectivity index (χ0) is 19.5. The van der Waals surface area contributed by atoms with Gasteiger partial charge < -0.3 is 9.84 Å². The third-order valence-electron chi connectivity index (χ3n) is 5.02. The molecule has 0 aliphatic carbocycles. The number of fused-ring (bicyclic) bond motifs is 1. The Kier molecular flexibility index (Phi) is 5.36. The lowest BCUT2D eigenvalue weighted by molar-refractivity contribution is 0.0677. The van der Waals surface area contributed by atoms with Crippen LogP contribution in [0.2, 0.25) is 0 Å². The van der Waals surface area contributed by atoms with E-state index in [4.69, 9.17) is 4.74 Å². The predicted octanol–water partition coefficient (Wildman–Crippen LogP) is 2.92. The highest BCUT2D eigenvalue weighted by atomic mass is 16.5. The lowest BCUT2D eigenvalue weighted by atomic mass is 10.1. The summed E-state index contributed by atoms with van der Waals surface area (Å²) in [5.74, 6) is -1.02. The molecule has 3 heterocycles. The SMILES string of the molecule is Cc1cccc(CN(Cc2cnc3c(C(=O)O)cnn3c2)CC2CCCO2)c1. The zero-order valence-electron chi connectivity index (χ0n) is 15.9. The molecule has 1 fully saturated rings. The van der Waals surface area contributed by atoms with Crippen LogP contribution in [-0.4, -0.2) is 49.8 Å². The molecule has 1 unspecified atom stereocenters. The Hall–Kier alpha value is -2.77. The molecule has 1 saturated heterocycles. The summed E-state index contributed by atoms with van der Waals surface area (Å²) in [7, 11) is 0. The second kappa shape index (κ2) is 8.08. The van der Waals surface area contributed by atoms with E-state index in [1.807, 2.05) is 6.20 Å². The maximum Gasteiger partial charge on any atom is 0.341 e. The van der Waals surface area contributed by atoms with E-state index < -0.39 is 5.97 Å². The van der Waals surface area contributed by atoms with E-state index in [1.54, 1.807) is 6.20 Å². The number of nitrogens with zero attached hydrogens (tertiary/aromatic N) is 4. The molecule has 146 valence electrons. The van der Waals surface area contributed by atoms with E-state index in [2.05, 4.69) is 46.2 Å². The van der Waals surface area contributed by atoms with Crippen molar-refractivity contribution in [2.75, 3.05) is 13.2 Å². The zero-order valence-corrected chi connectivity index (χ0v) is 15.9. The van der Waals surface area contributed by atoms with E-state index in [0.29, 0.717) is 12.2 Å². The Morgan fingerprint density at radius 1 is 1.32 bits per heavy atom. The molecule has 3 aromatic rings. The van der Waals surface area contributed by atoms with E-state index in [1.165, 1.54) is 21.8 Å². The molecule has 0 radical (unpaired) electrons. The fourth-order valence-electron chi connectivity index (χ4n) is 3.73. The quantitative estimate of drug-likeness (QED) is 0.679. The van der Waals surface area contributed by atoms with Gasteiger partial charge in [0.15, 0.2) is 5.65 Å². The number of rotatable bonds is 7. The first-order valence-electron chi connectivity index (χ1n) is 9.53. The summed E-state index contributed by atoms with van der Waals surface area (Å²) in [6.45, 7) is 5.30. The van der Waals surface area contributed by atoms with Crippen molar-refractivity contribution in [1.29, 1.82) is 0 Å². The molecular formula is C21H24N4O3. The van der Waals surface area contributed by atoms with Crippen molar-refractivity contribution in [2.45, 2.75) is 39.0 Å². The minimum atomic E-state index is -1.02. The molecule has 0 bridgehead atoms. The molecule has 28 heavy (non-hydrogen) atoms. The molecule has 1 aromatic carbocycles. The van der Waals surface area contributed by atoms with E-state index >= 15 is 0 Å². The number of ether oxygens (including phenoxy) is 1. The van der Waals surface area contributed by atoms with Crippen LogP contribution < -0.4 is 0 Å². The molecule has 4 rings (SSSR count). The molecule has 2 aromatic heterocycles. The van der Waals surface area contributed by atoms with Crippen molar-refractivity contribution in [2.24, 2.45) is 0 Å². The molecule has 0 amide bonds. The van der Waals surface area contributed by atoms with Gasteiger partial charge in [-0.3, -0.25) is 4.90 Å². The minimum absolute atomic E-state index is 0.113. The van der Waals surface area contributed by atoms with Crippen LogP contribution in [0.3, 0.4) is 0 Å². The lowest BCUT2D eigenvalue weighted by Gasteiger charge is -2.25. The molecule has 1 aliphatic heterocycles. The average Bonchev–Trinajstić information content (AvgIpc) is 3.31. The summed E-state index contributed by atoms with van der Waals surface area (Å²) in [6, 6.07) is 8.53. The van der Waals surface area contributed by atoms with Crippen LogP contribution in [0.4, 0.5) is 0 Å². The van der Waals surface area contributed by atoms with Crippen LogP contribution in [0.15, 0.2) is 42.9 Å². The van der Waals surface area contributed by atoms with Gasteiger partial charge in [-0.25, -0.2) is 14.3 Å². The van der Waals surface area contributed by atoms with Gasteiger partial charge in [-0.1, -0.05) is 29.8 Å². The summed E-state index contributed by atoms with van der Waals surface area (Å²) in [5, 5.41) is 13.4. The standard InChI is InChI=1S/C21H24N4O3/c1-15-4-2-5-16(8-15)11-24(14-18-6-3-7-28-18)12-17-9-22-20-19(21(26)27)10-23-25(20)13-17/h2,4-5,8-10,13,18H,3,6-7,11-12,14H2,1H3,(H,26,27). The van der Waals surface area contributed by atoms with Gasteiger partial charge in [-0.2, -0.15) is 5.10 Å². The minimum Gasteiger partial charge on any atom is -0.477 e. The summed E-state index contributed by atoms with van der Waals surface area (Å²) in [4.78, 5) is 17.9.